The highest BCUT2D eigenvalue weighted by atomic mass is 16.5. The van der Waals surface area contributed by atoms with Crippen molar-refractivity contribution >= 4 is 11.4 Å². The Labute approximate surface area is 175 Å². The summed E-state index contributed by atoms with van der Waals surface area (Å²) >= 11 is 0. The van der Waals surface area contributed by atoms with Crippen LogP contribution >= 0.6 is 0 Å². The molecule has 4 rings (SSSR count). The number of rotatable bonds is 3. The van der Waals surface area contributed by atoms with Crippen LogP contribution in [0.5, 0.6) is 11.5 Å². The fourth-order valence-corrected chi connectivity index (χ4v) is 4.92. The average molecular weight is 395 g/mol. The monoisotopic (exact) mass is 394 g/mol. The van der Waals surface area contributed by atoms with E-state index in [4.69, 9.17) is 9.47 Å². The van der Waals surface area contributed by atoms with Gasteiger partial charge in [0.15, 0.2) is 0 Å². The molecule has 0 unspecified atom stereocenters. The third-order valence-corrected chi connectivity index (χ3v) is 6.57. The van der Waals surface area contributed by atoms with Crippen molar-refractivity contribution in [1.29, 1.82) is 0 Å². The molecule has 0 bridgehead atoms. The number of methoxy groups -OCH3 is 1. The van der Waals surface area contributed by atoms with Gasteiger partial charge in [-0.25, -0.2) is 0 Å². The van der Waals surface area contributed by atoms with Gasteiger partial charge < -0.3 is 19.3 Å². The first-order valence-corrected chi connectivity index (χ1v) is 10.8. The van der Waals surface area contributed by atoms with Crippen molar-refractivity contribution in [1.82, 2.24) is 0 Å². The number of fused-ring (bicyclic) bond motifs is 1. The molecule has 0 amide bonds. The van der Waals surface area contributed by atoms with Gasteiger partial charge in [0.25, 0.3) is 0 Å². The molecule has 156 valence electrons. The van der Waals surface area contributed by atoms with Crippen LogP contribution in [-0.4, -0.2) is 38.9 Å². The smallest absolute Gasteiger partial charge is 0.127 e. The summed E-state index contributed by atoms with van der Waals surface area (Å²) in [5, 5.41) is 0. The maximum Gasteiger partial charge on any atom is 0.127 e. The molecule has 2 aromatic carbocycles. The van der Waals surface area contributed by atoms with Gasteiger partial charge in [-0.05, 0) is 82.0 Å². The number of ether oxygens (including phenoxy) is 2. The van der Waals surface area contributed by atoms with Crippen LogP contribution in [0, 0.1) is 20.8 Å². The lowest BCUT2D eigenvalue weighted by Gasteiger charge is -2.29. The number of anilines is 2. The van der Waals surface area contributed by atoms with Gasteiger partial charge >= 0.3 is 0 Å². The van der Waals surface area contributed by atoms with Crippen LogP contribution in [0.1, 0.15) is 42.5 Å². The van der Waals surface area contributed by atoms with E-state index in [1.807, 2.05) is 0 Å². The second-order valence-electron chi connectivity index (χ2n) is 9.10. The summed E-state index contributed by atoms with van der Waals surface area (Å²) in [5.74, 6) is 2.04. The Bertz CT molecular complexity index is 902. The fraction of sp³-hybridized carbons (Fsp3) is 0.520. The van der Waals surface area contributed by atoms with Gasteiger partial charge in [0, 0.05) is 49.5 Å². The Morgan fingerprint density at radius 3 is 2.21 bits per heavy atom. The van der Waals surface area contributed by atoms with Gasteiger partial charge in [0.2, 0.25) is 0 Å². The first-order chi connectivity index (χ1) is 13.8. The van der Waals surface area contributed by atoms with Crippen molar-refractivity contribution in [3.63, 3.8) is 0 Å². The van der Waals surface area contributed by atoms with Crippen LogP contribution in [-0.2, 0) is 6.42 Å². The summed E-state index contributed by atoms with van der Waals surface area (Å²) in [5.41, 5.74) is 8.10. The lowest BCUT2D eigenvalue weighted by molar-refractivity contribution is 0.137. The van der Waals surface area contributed by atoms with E-state index in [9.17, 15) is 0 Å². The molecular formula is C25H34N2O2. The zero-order chi connectivity index (χ0) is 20.8. The van der Waals surface area contributed by atoms with E-state index in [1.165, 1.54) is 33.6 Å². The highest BCUT2D eigenvalue weighted by molar-refractivity contribution is 5.70. The maximum atomic E-state index is 6.31. The number of hydrogen-bond acceptors (Lipinski definition) is 4. The molecule has 1 fully saturated rings. The third-order valence-electron chi connectivity index (χ3n) is 6.57. The molecule has 0 N–H and O–H groups in total. The summed E-state index contributed by atoms with van der Waals surface area (Å²) in [6, 6.07) is 8.45. The van der Waals surface area contributed by atoms with Gasteiger partial charge in [-0.15, -0.1) is 0 Å². The van der Waals surface area contributed by atoms with Crippen molar-refractivity contribution in [3.05, 3.63) is 46.5 Å². The Kier molecular flexibility index (Phi) is 5.14. The van der Waals surface area contributed by atoms with E-state index >= 15 is 0 Å². The lowest BCUT2D eigenvalue weighted by atomic mass is 9.92. The Balaban J connectivity index is 1.59. The first-order valence-electron chi connectivity index (χ1n) is 10.8. The minimum Gasteiger partial charge on any atom is -0.497 e. The molecular weight excluding hydrogens is 360 g/mol. The number of hydrogen-bond donors (Lipinski definition) is 0. The van der Waals surface area contributed by atoms with Crippen molar-refractivity contribution in [3.8, 4) is 11.5 Å². The maximum absolute atomic E-state index is 6.31. The van der Waals surface area contributed by atoms with Crippen LogP contribution < -0.4 is 19.3 Å². The Morgan fingerprint density at radius 2 is 1.52 bits per heavy atom. The first kappa shape index (κ1) is 19.9. The standard InChI is InChI=1S/C25H34N2O2/c1-17-18(2)24-22(16-25(4,5)29-24)19(3)23(17)27-13-7-12-26(14-15-27)20-8-10-21(28-6)11-9-20/h8-11H,7,12-16H2,1-6H3. The van der Waals surface area contributed by atoms with Gasteiger partial charge in [-0.1, -0.05) is 0 Å². The highest BCUT2D eigenvalue weighted by Crippen LogP contribution is 2.45. The predicted octanol–water partition coefficient (Wildman–Crippen LogP) is 5.05. The summed E-state index contributed by atoms with van der Waals surface area (Å²) in [6.45, 7) is 15.4. The highest BCUT2D eigenvalue weighted by Gasteiger charge is 2.35. The van der Waals surface area contributed by atoms with Gasteiger partial charge in [0.05, 0.1) is 7.11 Å². The van der Waals surface area contributed by atoms with Crippen molar-refractivity contribution < 1.29 is 9.47 Å². The van der Waals surface area contributed by atoms with E-state index < -0.39 is 0 Å². The van der Waals surface area contributed by atoms with E-state index in [-0.39, 0.29) is 5.60 Å². The van der Waals surface area contributed by atoms with Crippen molar-refractivity contribution in [2.45, 2.75) is 53.1 Å². The van der Waals surface area contributed by atoms with Gasteiger partial charge in [-0.3, -0.25) is 0 Å². The fourth-order valence-electron chi connectivity index (χ4n) is 4.92. The minimum absolute atomic E-state index is 0.104. The SMILES string of the molecule is COc1ccc(N2CCCN(c3c(C)c(C)c4c(c3C)CC(C)(C)O4)CC2)cc1. The van der Waals surface area contributed by atoms with Crippen LogP contribution in [0.3, 0.4) is 0 Å². The molecule has 4 heteroatoms. The second kappa shape index (κ2) is 7.47. The summed E-state index contributed by atoms with van der Waals surface area (Å²) in [7, 11) is 1.72. The predicted molar refractivity (Wildman–Crippen MR) is 121 cm³/mol. The van der Waals surface area contributed by atoms with Crippen LogP contribution in [0.15, 0.2) is 24.3 Å². The van der Waals surface area contributed by atoms with Crippen molar-refractivity contribution in [2.75, 3.05) is 43.1 Å². The molecule has 0 aromatic heterocycles. The molecule has 29 heavy (non-hydrogen) atoms. The zero-order valence-electron chi connectivity index (χ0n) is 18.8. The molecule has 2 aromatic rings. The second-order valence-corrected chi connectivity index (χ2v) is 9.10. The van der Waals surface area contributed by atoms with Gasteiger partial charge in [0.1, 0.15) is 17.1 Å². The molecule has 0 aliphatic carbocycles. The normalized spacial score (nSPS) is 18.3. The summed E-state index contributed by atoms with van der Waals surface area (Å²) in [6.07, 6.45) is 2.15. The third kappa shape index (κ3) is 3.65. The molecule has 1 saturated heterocycles. The van der Waals surface area contributed by atoms with Crippen molar-refractivity contribution in [2.24, 2.45) is 0 Å². The Hall–Kier alpha value is -2.36. The number of benzene rings is 2. The lowest BCUT2D eigenvalue weighted by Crippen LogP contribution is -2.31. The quantitative estimate of drug-likeness (QED) is 0.727. The van der Waals surface area contributed by atoms with E-state index in [0.29, 0.717) is 0 Å². The van der Waals surface area contributed by atoms with Crippen LogP contribution in [0.2, 0.25) is 0 Å². The molecule has 2 heterocycles. The minimum atomic E-state index is -0.104. The van der Waals surface area contributed by atoms with E-state index in [0.717, 1.165) is 50.5 Å². The topological polar surface area (TPSA) is 24.9 Å². The van der Waals surface area contributed by atoms with Gasteiger partial charge in [-0.2, -0.15) is 0 Å². The molecule has 2 aliphatic heterocycles. The summed E-state index contributed by atoms with van der Waals surface area (Å²) in [4.78, 5) is 5.10. The molecule has 0 saturated carbocycles. The molecule has 0 spiro atoms. The molecule has 4 nitrogen and oxygen atoms in total. The summed E-state index contributed by atoms with van der Waals surface area (Å²) < 4.78 is 11.6. The van der Waals surface area contributed by atoms with Crippen LogP contribution in [0.4, 0.5) is 11.4 Å². The Morgan fingerprint density at radius 1 is 0.862 bits per heavy atom. The van der Waals surface area contributed by atoms with Crippen LogP contribution in [0.25, 0.3) is 0 Å². The number of nitrogens with zero attached hydrogens (tertiary/aromatic N) is 2. The zero-order valence-corrected chi connectivity index (χ0v) is 18.8. The molecule has 0 radical (unpaired) electrons. The molecule has 0 atom stereocenters. The van der Waals surface area contributed by atoms with E-state index in [1.54, 1.807) is 7.11 Å². The average Bonchev–Trinajstić information content (AvgIpc) is 2.87. The molecule has 2 aliphatic rings. The largest absolute Gasteiger partial charge is 0.497 e. The van der Waals surface area contributed by atoms with E-state index in [2.05, 4.69) is 68.7 Å².